The molecule has 0 radical (unpaired) electrons. The van der Waals surface area contributed by atoms with Crippen LogP contribution in [-0.4, -0.2) is 34.2 Å². The highest BCUT2D eigenvalue weighted by Crippen LogP contribution is 2.24. The fraction of sp³-hybridized carbons (Fsp3) is 0.300. The molecule has 1 aromatic heterocycles. The highest BCUT2D eigenvalue weighted by atomic mass is 16.1. The van der Waals surface area contributed by atoms with Gasteiger partial charge in [0.05, 0.1) is 0 Å². The average Bonchev–Trinajstić information content (AvgIpc) is 2.71. The SMILES string of the molecule is N=C/C(=C\N)c1cccc(Nc2nc(N[C@@H]3CCCC[C@@H]3N)ncc2C(N)=O)c1. The molecule has 9 nitrogen and oxygen atoms in total. The maximum absolute atomic E-state index is 11.8. The smallest absolute Gasteiger partial charge is 0.254 e. The number of rotatable bonds is 7. The third-order valence-corrected chi connectivity index (χ3v) is 4.98. The van der Waals surface area contributed by atoms with E-state index >= 15 is 0 Å². The molecule has 9 N–H and O–H groups in total. The fourth-order valence-electron chi connectivity index (χ4n) is 3.37. The van der Waals surface area contributed by atoms with Crippen LogP contribution in [0.3, 0.4) is 0 Å². The zero-order chi connectivity index (χ0) is 20.8. The molecule has 0 bridgehead atoms. The Morgan fingerprint density at radius 1 is 1.28 bits per heavy atom. The first-order valence-electron chi connectivity index (χ1n) is 9.50. The second-order valence-electron chi connectivity index (χ2n) is 6.99. The molecule has 0 saturated heterocycles. The summed E-state index contributed by atoms with van der Waals surface area (Å²) in [6.45, 7) is 0. The molecule has 0 aliphatic heterocycles. The van der Waals surface area contributed by atoms with Crippen molar-refractivity contribution in [3.8, 4) is 0 Å². The number of amides is 1. The molecule has 1 fully saturated rings. The van der Waals surface area contributed by atoms with E-state index in [-0.39, 0.29) is 17.6 Å². The minimum Gasteiger partial charge on any atom is -0.404 e. The summed E-state index contributed by atoms with van der Waals surface area (Å²) in [6.07, 6.45) is 8.07. The van der Waals surface area contributed by atoms with E-state index in [0.717, 1.165) is 31.2 Å². The largest absolute Gasteiger partial charge is 0.404 e. The van der Waals surface area contributed by atoms with Gasteiger partial charge >= 0.3 is 0 Å². The maximum Gasteiger partial charge on any atom is 0.254 e. The van der Waals surface area contributed by atoms with Crippen LogP contribution < -0.4 is 27.8 Å². The van der Waals surface area contributed by atoms with E-state index in [1.807, 2.05) is 18.2 Å². The molecule has 2 aromatic rings. The summed E-state index contributed by atoms with van der Waals surface area (Å²) in [5, 5.41) is 13.8. The average molecular weight is 394 g/mol. The number of allylic oxidation sites excluding steroid dienone is 1. The number of nitrogens with zero attached hydrogens (tertiary/aromatic N) is 2. The van der Waals surface area contributed by atoms with Gasteiger partial charge in [-0.2, -0.15) is 4.98 Å². The third kappa shape index (κ3) is 4.88. The second-order valence-corrected chi connectivity index (χ2v) is 6.99. The number of hydrogen-bond donors (Lipinski definition) is 6. The predicted molar refractivity (Wildman–Crippen MR) is 115 cm³/mol. The van der Waals surface area contributed by atoms with Crippen LogP contribution in [-0.2, 0) is 0 Å². The topological polar surface area (TPSA) is 169 Å². The normalized spacial score (nSPS) is 19.4. The van der Waals surface area contributed by atoms with Crippen molar-refractivity contribution in [2.45, 2.75) is 37.8 Å². The van der Waals surface area contributed by atoms with Crippen LogP contribution in [0.1, 0.15) is 41.6 Å². The molecule has 1 saturated carbocycles. The van der Waals surface area contributed by atoms with Crippen molar-refractivity contribution in [1.29, 1.82) is 5.41 Å². The number of anilines is 3. The van der Waals surface area contributed by atoms with Gasteiger partial charge in [0.15, 0.2) is 0 Å². The Labute approximate surface area is 169 Å². The fourth-order valence-corrected chi connectivity index (χ4v) is 3.37. The van der Waals surface area contributed by atoms with Crippen molar-refractivity contribution in [2.75, 3.05) is 10.6 Å². The van der Waals surface area contributed by atoms with E-state index in [1.165, 1.54) is 18.6 Å². The minimum absolute atomic E-state index is 0.0406. The van der Waals surface area contributed by atoms with E-state index in [0.29, 0.717) is 23.0 Å². The standard InChI is InChI=1S/C20H26N8O/c21-9-13(10-22)12-4-3-5-14(8-12)26-19-15(18(24)29)11-25-20(28-19)27-17-7-2-1-6-16(17)23/h3-5,8-11,16-17,21H,1-2,6-7,22-23H2,(H2,24,29)(H2,25,26,27,28)/b13-10+,21-9?/t16-,17+/m0/s1. The van der Waals surface area contributed by atoms with E-state index in [2.05, 4.69) is 20.6 Å². The number of carbonyl (C=O) groups excluding carboxylic acids is 1. The van der Waals surface area contributed by atoms with Crippen LogP contribution in [0.4, 0.5) is 17.5 Å². The number of primary amides is 1. The van der Waals surface area contributed by atoms with Crippen LogP contribution in [0.2, 0.25) is 0 Å². The van der Waals surface area contributed by atoms with Crippen molar-refractivity contribution < 1.29 is 4.79 Å². The van der Waals surface area contributed by atoms with Crippen molar-refractivity contribution in [3.05, 3.63) is 47.8 Å². The number of aromatic nitrogens is 2. The van der Waals surface area contributed by atoms with Crippen LogP contribution in [0.25, 0.3) is 5.57 Å². The molecular weight excluding hydrogens is 368 g/mol. The number of nitrogens with two attached hydrogens (primary N) is 3. The molecule has 1 aromatic carbocycles. The van der Waals surface area contributed by atoms with Gasteiger partial charge in [0.2, 0.25) is 5.95 Å². The lowest BCUT2D eigenvalue weighted by molar-refractivity contribution is 0.100. The molecule has 1 aliphatic rings. The van der Waals surface area contributed by atoms with E-state index in [1.54, 1.807) is 6.07 Å². The first-order chi connectivity index (χ1) is 14.0. The highest BCUT2D eigenvalue weighted by molar-refractivity contribution is 6.08. The van der Waals surface area contributed by atoms with Crippen molar-refractivity contribution in [3.63, 3.8) is 0 Å². The Balaban J connectivity index is 1.88. The Morgan fingerprint density at radius 2 is 2.07 bits per heavy atom. The summed E-state index contributed by atoms with van der Waals surface area (Å²) < 4.78 is 0. The van der Waals surface area contributed by atoms with Gasteiger partial charge in [-0.25, -0.2) is 4.98 Å². The molecule has 1 heterocycles. The van der Waals surface area contributed by atoms with Crippen LogP contribution >= 0.6 is 0 Å². The minimum atomic E-state index is -0.633. The number of benzene rings is 1. The number of nitrogens with one attached hydrogen (secondary N) is 3. The quantitative estimate of drug-likeness (QED) is 0.390. The molecular formula is C20H26N8O. The van der Waals surface area contributed by atoms with Gasteiger partial charge in [0, 0.05) is 42.0 Å². The molecule has 152 valence electrons. The van der Waals surface area contributed by atoms with Gasteiger partial charge < -0.3 is 33.2 Å². The summed E-state index contributed by atoms with van der Waals surface area (Å²) in [7, 11) is 0. The highest BCUT2D eigenvalue weighted by Gasteiger charge is 2.23. The monoisotopic (exact) mass is 394 g/mol. The van der Waals surface area contributed by atoms with Gasteiger partial charge in [-0.1, -0.05) is 25.0 Å². The Hall–Kier alpha value is -3.46. The Bertz CT molecular complexity index is 926. The summed E-state index contributed by atoms with van der Waals surface area (Å²) in [4.78, 5) is 20.5. The summed E-state index contributed by atoms with van der Waals surface area (Å²) in [5.74, 6) is 0.0503. The number of hydrogen-bond acceptors (Lipinski definition) is 8. The predicted octanol–water partition coefficient (Wildman–Crippen LogP) is 1.95. The van der Waals surface area contributed by atoms with Crippen LogP contribution in [0.5, 0.6) is 0 Å². The summed E-state index contributed by atoms with van der Waals surface area (Å²) in [6, 6.07) is 7.40. The van der Waals surface area contributed by atoms with E-state index in [9.17, 15) is 4.79 Å². The lowest BCUT2D eigenvalue weighted by Crippen LogP contribution is -2.43. The maximum atomic E-state index is 11.8. The summed E-state index contributed by atoms with van der Waals surface area (Å²) in [5.41, 5.74) is 19.4. The van der Waals surface area contributed by atoms with Gasteiger partial charge in [-0.05, 0) is 30.5 Å². The molecule has 1 aliphatic carbocycles. The third-order valence-electron chi connectivity index (χ3n) is 4.98. The lowest BCUT2D eigenvalue weighted by atomic mass is 9.91. The zero-order valence-electron chi connectivity index (χ0n) is 16.1. The molecule has 3 rings (SSSR count). The van der Waals surface area contributed by atoms with Crippen LogP contribution in [0, 0.1) is 5.41 Å². The van der Waals surface area contributed by atoms with Gasteiger partial charge in [0.1, 0.15) is 11.4 Å². The van der Waals surface area contributed by atoms with Crippen molar-refractivity contribution in [2.24, 2.45) is 17.2 Å². The molecule has 2 atom stereocenters. The van der Waals surface area contributed by atoms with E-state index in [4.69, 9.17) is 22.6 Å². The van der Waals surface area contributed by atoms with Crippen molar-refractivity contribution in [1.82, 2.24) is 9.97 Å². The molecule has 0 spiro atoms. The first-order valence-corrected chi connectivity index (χ1v) is 9.50. The molecule has 29 heavy (non-hydrogen) atoms. The van der Waals surface area contributed by atoms with Gasteiger partial charge in [-0.3, -0.25) is 4.79 Å². The molecule has 0 unspecified atom stereocenters. The zero-order valence-corrected chi connectivity index (χ0v) is 16.1. The van der Waals surface area contributed by atoms with Crippen LogP contribution in [0.15, 0.2) is 36.7 Å². The van der Waals surface area contributed by atoms with Gasteiger partial charge in [-0.15, -0.1) is 0 Å². The lowest BCUT2D eigenvalue weighted by Gasteiger charge is -2.29. The second kappa shape index (κ2) is 9.16. The molecule has 9 heteroatoms. The van der Waals surface area contributed by atoms with Gasteiger partial charge in [0.25, 0.3) is 5.91 Å². The first kappa shape index (κ1) is 20.3. The summed E-state index contributed by atoms with van der Waals surface area (Å²) >= 11 is 0. The molecule has 1 amide bonds. The van der Waals surface area contributed by atoms with E-state index < -0.39 is 5.91 Å². The number of carbonyl (C=O) groups is 1. The Kier molecular flexibility index (Phi) is 6.40. The Morgan fingerprint density at radius 3 is 2.76 bits per heavy atom. The van der Waals surface area contributed by atoms with Crippen molar-refractivity contribution >= 4 is 35.1 Å².